The number of allylic oxidation sites excluding steroid dienone is 26. The number of unbranched alkanes of at least 4 members (excludes halogenated alkanes) is 9. The number of hydrogen-bond acceptors (Lipinski definition) is 10. The van der Waals surface area contributed by atoms with Gasteiger partial charge in [0, 0.05) is 19.3 Å². The summed E-state index contributed by atoms with van der Waals surface area (Å²) < 4.78 is 39.4. The molecule has 0 rings (SSSR count). The van der Waals surface area contributed by atoms with Crippen LogP contribution in [0.1, 0.15) is 201 Å². The van der Waals surface area contributed by atoms with Gasteiger partial charge in [0.1, 0.15) is 12.7 Å². The predicted octanol–water partition coefficient (Wildman–Crippen LogP) is 17.7. The zero-order valence-corrected chi connectivity index (χ0v) is 49.2. The molecule has 2 N–H and O–H groups in total. The number of phosphoric ester groups is 1. The van der Waals surface area contributed by atoms with Crippen molar-refractivity contribution >= 4 is 25.7 Å². The molecule has 0 aliphatic carbocycles. The number of aliphatic hydroxyl groups is 1. The molecule has 0 spiro atoms. The van der Waals surface area contributed by atoms with Crippen LogP contribution in [-0.2, 0) is 42.2 Å². The van der Waals surface area contributed by atoms with Gasteiger partial charge in [-0.3, -0.25) is 23.4 Å². The first-order valence-electron chi connectivity index (χ1n) is 29.4. The smallest absolute Gasteiger partial charge is 0.462 e. The van der Waals surface area contributed by atoms with Gasteiger partial charge in [-0.15, -0.1) is 0 Å². The summed E-state index contributed by atoms with van der Waals surface area (Å²) in [4.78, 5) is 48.6. The molecule has 0 saturated heterocycles. The van der Waals surface area contributed by atoms with Gasteiger partial charge in [0.2, 0.25) is 0 Å². The van der Waals surface area contributed by atoms with E-state index in [1.54, 1.807) is 0 Å². The number of esters is 3. The molecule has 0 radical (unpaired) electrons. The number of aliphatic hydroxyl groups excluding tert-OH is 1. The Balaban J connectivity index is 4.90. The van der Waals surface area contributed by atoms with Crippen molar-refractivity contribution in [1.29, 1.82) is 0 Å². The van der Waals surface area contributed by atoms with Crippen LogP contribution in [0.25, 0.3) is 0 Å². The van der Waals surface area contributed by atoms with Crippen LogP contribution in [0.4, 0.5) is 0 Å². The third-order valence-electron chi connectivity index (χ3n) is 11.4. The van der Waals surface area contributed by atoms with Gasteiger partial charge in [0.25, 0.3) is 0 Å². The minimum absolute atomic E-state index is 0.0729. The van der Waals surface area contributed by atoms with E-state index < -0.39 is 57.8 Å². The summed E-state index contributed by atoms with van der Waals surface area (Å²) >= 11 is 0. The second-order valence-electron chi connectivity index (χ2n) is 18.7. The molecule has 438 valence electrons. The first-order valence-corrected chi connectivity index (χ1v) is 30.9. The highest BCUT2D eigenvalue weighted by Crippen LogP contribution is 2.43. The summed E-state index contributed by atoms with van der Waals surface area (Å²) in [5, 5.41) is 9.82. The Hall–Kier alpha value is -4.90. The van der Waals surface area contributed by atoms with Crippen molar-refractivity contribution in [2.75, 3.05) is 26.4 Å². The van der Waals surface area contributed by atoms with Gasteiger partial charge >= 0.3 is 25.7 Å². The van der Waals surface area contributed by atoms with E-state index in [1.165, 1.54) is 0 Å². The van der Waals surface area contributed by atoms with Crippen molar-refractivity contribution < 1.29 is 52.2 Å². The maximum absolute atomic E-state index is 12.9. The van der Waals surface area contributed by atoms with Crippen LogP contribution in [0.5, 0.6) is 0 Å². The fourth-order valence-electron chi connectivity index (χ4n) is 7.08. The third-order valence-corrected chi connectivity index (χ3v) is 12.4. The Kier molecular flexibility index (Phi) is 54.6. The summed E-state index contributed by atoms with van der Waals surface area (Å²) in [5.41, 5.74) is 0. The summed E-state index contributed by atoms with van der Waals surface area (Å²) in [6, 6.07) is 0. The van der Waals surface area contributed by atoms with Crippen LogP contribution in [0, 0.1) is 0 Å². The second kappa shape index (κ2) is 58.3. The molecule has 78 heavy (non-hydrogen) atoms. The highest BCUT2D eigenvalue weighted by atomic mass is 31.2. The number of phosphoric acid groups is 1. The average Bonchev–Trinajstić information content (AvgIpc) is 3.43. The van der Waals surface area contributed by atoms with Crippen LogP contribution in [0.2, 0.25) is 0 Å². The minimum atomic E-state index is -4.79. The molecule has 3 unspecified atom stereocenters. The second-order valence-corrected chi connectivity index (χ2v) is 20.1. The monoisotopic (exact) mass is 1100 g/mol. The van der Waals surface area contributed by atoms with Gasteiger partial charge in [0.05, 0.1) is 19.8 Å². The summed E-state index contributed by atoms with van der Waals surface area (Å²) in [6.45, 7) is 4.15. The number of carbonyl (C=O) groups is 3. The summed E-state index contributed by atoms with van der Waals surface area (Å²) in [5.74, 6) is -1.62. The molecule has 0 amide bonds. The minimum Gasteiger partial charge on any atom is -0.462 e. The van der Waals surface area contributed by atoms with Crippen LogP contribution < -0.4 is 0 Å². The normalized spacial score (nSPS) is 14.5. The number of rotatable bonds is 52. The van der Waals surface area contributed by atoms with Gasteiger partial charge in [-0.1, -0.05) is 204 Å². The van der Waals surface area contributed by atoms with Crippen molar-refractivity contribution in [3.8, 4) is 0 Å². The van der Waals surface area contributed by atoms with Gasteiger partial charge in [-0.25, -0.2) is 4.57 Å². The topological polar surface area (TPSA) is 155 Å². The maximum atomic E-state index is 12.9. The highest BCUT2D eigenvalue weighted by molar-refractivity contribution is 7.47. The summed E-state index contributed by atoms with van der Waals surface area (Å²) in [7, 11) is -4.79. The number of hydrogen-bond donors (Lipinski definition) is 2. The van der Waals surface area contributed by atoms with Gasteiger partial charge in [-0.05, 0) is 135 Å². The SMILES string of the molecule is CC/C=C\C/C=C\C/C=C\C/C=C\C/C=C\CCCC(=O)OC(COC(=O)CCCCCCCC/C=C\C/C=C\C/C=C\C/C=C\CC)COP(=O)(O)OCC(CO)OC(=O)CCCC/C=C\C/C=C\C/C=C\C/C=C\CC. The van der Waals surface area contributed by atoms with Gasteiger partial charge in [-0.2, -0.15) is 0 Å². The van der Waals surface area contributed by atoms with E-state index >= 15 is 0 Å². The predicted molar refractivity (Wildman–Crippen MR) is 325 cm³/mol. The van der Waals surface area contributed by atoms with Crippen LogP contribution >= 0.6 is 7.82 Å². The molecule has 0 aromatic heterocycles. The Labute approximate surface area is 473 Å². The van der Waals surface area contributed by atoms with Crippen LogP contribution in [-0.4, -0.2) is 66.5 Å². The molecular formula is C66H103O11P. The standard InChI is InChI=1S/C66H103O11P/c1-4-7-10-13-16-19-22-25-28-30-31-33-35-37-40-43-46-49-52-55-64(68)73-59-63(77-66(70)57-54-51-48-45-42-39-36-32-29-26-23-20-17-14-11-8-5-2)61-75-78(71,72)74-60-62(58-67)76-65(69)56-53-50-47-44-41-38-34-27-24-21-18-15-12-9-6-3/h7-12,16-21,25-29,31,33-34,36,39,41,44-45,48,62-63,67H,4-6,13-15,22-24,30,32,35,37-38,40,42-43,46-47,49-61H2,1-3H3,(H,71,72)/b10-7-,11-8-,12-9-,19-16-,20-17-,21-18-,28-25-,29-26-,33-31-,34-27-,39-36-,44-41-,48-45-. The van der Waals surface area contributed by atoms with Crippen molar-refractivity contribution in [2.45, 2.75) is 213 Å². The van der Waals surface area contributed by atoms with Crippen molar-refractivity contribution in [2.24, 2.45) is 0 Å². The third kappa shape index (κ3) is 55.8. The lowest BCUT2D eigenvalue weighted by molar-refractivity contribution is -0.161. The molecule has 12 heteroatoms. The van der Waals surface area contributed by atoms with E-state index in [4.69, 9.17) is 23.3 Å². The quantitative estimate of drug-likeness (QED) is 0.0197. The van der Waals surface area contributed by atoms with Crippen LogP contribution in [0.3, 0.4) is 0 Å². The molecule has 0 aliphatic heterocycles. The van der Waals surface area contributed by atoms with Gasteiger partial charge in [0.15, 0.2) is 6.10 Å². The fourth-order valence-corrected chi connectivity index (χ4v) is 7.86. The van der Waals surface area contributed by atoms with Crippen molar-refractivity contribution in [3.05, 3.63) is 158 Å². The van der Waals surface area contributed by atoms with Crippen molar-refractivity contribution in [1.82, 2.24) is 0 Å². The van der Waals surface area contributed by atoms with E-state index in [0.717, 1.165) is 135 Å². The first-order chi connectivity index (χ1) is 38.2. The molecule has 0 fully saturated rings. The largest absolute Gasteiger partial charge is 0.472 e. The molecule has 0 saturated carbocycles. The average molecular weight is 1100 g/mol. The molecule has 0 heterocycles. The number of carbonyl (C=O) groups excluding carboxylic acids is 3. The lowest BCUT2D eigenvalue weighted by atomic mass is 10.1. The molecule has 0 aliphatic rings. The highest BCUT2D eigenvalue weighted by Gasteiger charge is 2.28. The Morgan fingerprint density at radius 3 is 1.04 bits per heavy atom. The summed E-state index contributed by atoms with van der Waals surface area (Å²) in [6.07, 6.45) is 76.4. The zero-order valence-electron chi connectivity index (χ0n) is 48.3. The van der Waals surface area contributed by atoms with E-state index in [-0.39, 0.29) is 25.9 Å². The van der Waals surface area contributed by atoms with E-state index in [2.05, 4.69) is 167 Å². The molecule has 0 bridgehead atoms. The van der Waals surface area contributed by atoms with Crippen molar-refractivity contribution in [3.63, 3.8) is 0 Å². The number of ether oxygens (including phenoxy) is 3. The first kappa shape index (κ1) is 73.1. The lowest BCUT2D eigenvalue weighted by Gasteiger charge is -2.21. The molecular weight excluding hydrogens is 1000 g/mol. The Morgan fingerprint density at radius 1 is 0.359 bits per heavy atom. The maximum Gasteiger partial charge on any atom is 0.472 e. The van der Waals surface area contributed by atoms with Gasteiger partial charge < -0.3 is 24.2 Å². The van der Waals surface area contributed by atoms with Crippen LogP contribution in [0.15, 0.2) is 158 Å². The molecule has 3 atom stereocenters. The Bertz CT molecular complexity index is 1910. The molecule has 0 aromatic carbocycles. The Morgan fingerprint density at radius 2 is 0.641 bits per heavy atom. The zero-order chi connectivity index (χ0) is 56.9. The van der Waals surface area contributed by atoms with E-state index in [1.807, 2.05) is 12.2 Å². The fraction of sp³-hybridized carbons (Fsp3) is 0.561. The van der Waals surface area contributed by atoms with E-state index in [9.17, 15) is 28.9 Å². The molecule has 0 aromatic rings. The molecule has 11 nitrogen and oxygen atoms in total. The lowest BCUT2D eigenvalue weighted by Crippen LogP contribution is -2.30. The van der Waals surface area contributed by atoms with E-state index in [0.29, 0.717) is 25.7 Å².